The van der Waals surface area contributed by atoms with E-state index in [0.29, 0.717) is 5.11 Å². The van der Waals surface area contributed by atoms with Crippen LogP contribution in [0.1, 0.15) is 11.6 Å². The highest BCUT2D eigenvalue weighted by Crippen LogP contribution is 2.23. The Morgan fingerprint density at radius 2 is 2.00 bits per heavy atom. The quantitative estimate of drug-likeness (QED) is 0.796. The number of rotatable bonds is 5. The Morgan fingerprint density at radius 3 is 2.57 bits per heavy atom. The monoisotopic (exact) mass is 309 g/mol. The Hall–Kier alpha value is -1.37. The number of benzene rings is 1. The number of nitrogens with one attached hydrogen (secondary N) is 2. The van der Waals surface area contributed by atoms with E-state index in [9.17, 15) is 0 Å². The van der Waals surface area contributed by atoms with Crippen molar-refractivity contribution in [3.8, 4) is 5.75 Å². The van der Waals surface area contributed by atoms with Gasteiger partial charge in [-0.1, -0.05) is 12.1 Å². The Kier molecular flexibility index (Phi) is 6.22. The van der Waals surface area contributed by atoms with Gasteiger partial charge in [-0.3, -0.25) is 4.90 Å². The SMILES string of the molecule is CNC(=S)NC[C@@H](c1ccc(OC)cc1)N1CCOCC1. The molecular formula is C15H23N3O2S. The average Bonchev–Trinajstić information content (AvgIpc) is 2.56. The fraction of sp³-hybridized carbons (Fsp3) is 0.533. The number of hydrogen-bond donors (Lipinski definition) is 2. The minimum absolute atomic E-state index is 0.270. The number of hydrogen-bond acceptors (Lipinski definition) is 4. The zero-order valence-electron chi connectivity index (χ0n) is 12.6. The zero-order valence-corrected chi connectivity index (χ0v) is 13.4. The normalized spacial score (nSPS) is 17.0. The van der Waals surface area contributed by atoms with Crippen molar-refractivity contribution in [3.05, 3.63) is 29.8 Å². The first-order chi connectivity index (χ1) is 10.2. The van der Waals surface area contributed by atoms with Crippen molar-refractivity contribution >= 4 is 17.3 Å². The Labute approximate surface area is 131 Å². The molecular weight excluding hydrogens is 286 g/mol. The minimum atomic E-state index is 0.270. The van der Waals surface area contributed by atoms with E-state index in [-0.39, 0.29) is 6.04 Å². The summed E-state index contributed by atoms with van der Waals surface area (Å²) >= 11 is 5.18. The van der Waals surface area contributed by atoms with Crippen LogP contribution in [0.3, 0.4) is 0 Å². The standard InChI is InChI=1S/C15H23N3O2S/c1-16-15(21)17-11-14(18-7-9-20-10-8-18)12-3-5-13(19-2)6-4-12/h3-6,14H,7-11H2,1-2H3,(H2,16,17,21)/t14-/m0/s1. The number of thiocarbonyl (C=S) groups is 1. The van der Waals surface area contributed by atoms with Crippen LogP contribution in [-0.2, 0) is 4.74 Å². The first kappa shape index (κ1) is 16.0. The van der Waals surface area contributed by atoms with E-state index < -0.39 is 0 Å². The number of nitrogens with zero attached hydrogens (tertiary/aromatic N) is 1. The first-order valence-electron chi connectivity index (χ1n) is 7.16. The molecule has 1 aliphatic rings. The maximum absolute atomic E-state index is 5.45. The molecule has 21 heavy (non-hydrogen) atoms. The van der Waals surface area contributed by atoms with Gasteiger partial charge < -0.3 is 20.1 Å². The van der Waals surface area contributed by atoms with Crippen LogP contribution in [0.15, 0.2) is 24.3 Å². The molecule has 1 atom stereocenters. The second-order valence-corrected chi connectivity index (χ2v) is 5.31. The van der Waals surface area contributed by atoms with Gasteiger partial charge in [0.05, 0.1) is 26.4 Å². The lowest BCUT2D eigenvalue weighted by Gasteiger charge is -2.35. The van der Waals surface area contributed by atoms with E-state index in [4.69, 9.17) is 21.7 Å². The van der Waals surface area contributed by atoms with Crippen LogP contribution in [0.5, 0.6) is 5.75 Å². The number of morpholine rings is 1. The summed E-state index contributed by atoms with van der Waals surface area (Å²) in [5.74, 6) is 0.873. The Balaban J connectivity index is 2.10. The number of ether oxygens (including phenoxy) is 2. The lowest BCUT2D eigenvalue weighted by atomic mass is 10.0. The lowest BCUT2D eigenvalue weighted by Crippen LogP contribution is -2.45. The van der Waals surface area contributed by atoms with Crippen LogP contribution < -0.4 is 15.4 Å². The molecule has 0 radical (unpaired) electrons. The summed E-state index contributed by atoms with van der Waals surface area (Å²) in [6.45, 7) is 4.20. The van der Waals surface area contributed by atoms with Gasteiger partial charge in [0, 0.05) is 26.7 Å². The summed E-state index contributed by atoms with van der Waals surface area (Å²) in [5.41, 5.74) is 1.25. The fourth-order valence-corrected chi connectivity index (χ4v) is 2.53. The van der Waals surface area contributed by atoms with Crippen LogP contribution in [0.25, 0.3) is 0 Å². The average molecular weight is 309 g/mol. The highest BCUT2D eigenvalue weighted by molar-refractivity contribution is 7.80. The second kappa shape index (κ2) is 8.17. The molecule has 1 aromatic rings. The molecule has 1 aliphatic heterocycles. The molecule has 0 bridgehead atoms. The van der Waals surface area contributed by atoms with Gasteiger partial charge >= 0.3 is 0 Å². The smallest absolute Gasteiger partial charge is 0.166 e. The summed E-state index contributed by atoms with van der Waals surface area (Å²) in [7, 11) is 3.51. The Morgan fingerprint density at radius 1 is 1.33 bits per heavy atom. The molecule has 1 fully saturated rings. The third-order valence-corrected chi connectivity index (χ3v) is 4.02. The molecule has 0 amide bonds. The van der Waals surface area contributed by atoms with E-state index in [1.807, 2.05) is 19.2 Å². The Bertz CT molecular complexity index is 447. The van der Waals surface area contributed by atoms with Crippen LogP contribution in [0.2, 0.25) is 0 Å². The van der Waals surface area contributed by atoms with Gasteiger partial charge in [-0.15, -0.1) is 0 Å². The summed E-state index contributed by atoms with van der Waals surface area (Å²) in [6, 6.07) is 8.50. The van der Waals surface area contributed by atoms with Crippen LogP contribution in [0.4, 0.5) is 0 Å². The topological polar surface area (TPSA) is 45.8 Å². The largest absolute Gasteiger partial charge is 0.497 e. The van der Waals surface area contributed by atoms with Crippen molar-refractivity contribution in [2.75, 3.05) is 47.0 Å². The molecule has 1 aromatic carbocycles. The zero-order chi connectivity index (χ0) is 15.1. The van der Waals surface area contributed by atoms with Gasteiger partial charge in [0.1, 0.15) is 5.75 Å². The maximum atomic E-state index is 5.45. The summed E-state index contributed by atoms with van der Waals surface area (Å²) in [6.07, 6.45) is 0. The maximum Gasteiger partial charge on any atom is 0.166 e. The van der Waals surface area contributed by atoms with Gasteiger partial charge in [-0.25, -0.2) is 0 Å². The molecule has 0 aliphatic carbocycles. The number of methoxy groups -OCH3 is 1. The minimum Gasteiger partial charge on any atom is -0.497 e. The summed E-state index contributed by atoms with van der Waals surface area (Å²) in [5, 5.41) is 6.88. The molecule has 6 heteroatoms. The van der Waals surface area contributed by atoms with Crippen molar-refractivity contribution in [1.29, 1.82) is 0 Å². The van der Waals surface area contributed by atoms with Gasteiger partial charge in [0.2, 0.25) is 0 Å². The van der Waals surface area contributed by atoms with Crippen molar-refractivity contribution in [3.63, 3.8) is 0 Å². The van der Waals surface area contributed by atoms with E-state index in [1.54, 1.807) is 7.11 Å². The van der Waals surface area contributed by atoms with Gasteiger partial charge in [-0.05, 0) is 29.9 Å². The van der Waals surface area contributed by atoms with Gasteiger partial charge in [-0.2, -0.15) is 0 Å². The molecule has 0 unspecified atom stereocenters. The van der Waals surface area contributed by atoms with Gasteiger partial charge in [0.15, 0.2) is 5.11 Å². The summed E-state index contributed by atoms with van der Waals surface area (Å²) < 4.78 is 10.7. The van der Waals surface area contributed by atoms with Crippen molar-refractivity contribution in [1.82, 2.24) is 15.5 Å². The van der Waals surface area contributed by atoms with E-state index in [2.05, 4.69) is 27.7 Å². The lowest BCUT2D eigenvalue weighted by molar-refractivity contribution is 0.0170. The van der Waals surface area contributed by atoms with Crippen molar-refractivity contribution in [2.45, 2.75) is 6.04 Å². The van der Waals surface area contributed by atoms with E-state index >= 15 is 0 Å². The molecule has 1 saturated heterocycles. The molecule has 5 nitrogen and oxygen atoms in total. The third-order valence-electron chi connectivity index (χ3n) is 3.67. The third kappa shape index (κ3) is 4.56. The molecule has 2 N–H and O–H groups in total. The van der Waals surface area contributed by atoms with Crippen molar-refractivity contribution < 1.29 is 9.47 Å². The van der Waals surface area contributed by atoms with Crippen LogP contribution in [-0.4, -0.2) is 57.0 Å². The second-order valence-electron chi connectivity index (χ2n) is 4.90. The van der Waals surface area contributed by atoms with Crippen molar-refractivity contribution in [2.24, 2.45) is 0 Å². The van der Waals surface area contributed by atoms with E-state index in [1.165, 1.54) is 5.56 Å². The molecule has 0 saturated carbocycles. The highest BCUT2D eigenvalue weighted by Gasteiger charge is 2.22. The van der Waals surface area contributed by atoms with Gasteiger partial charge in [0.25, 0.3) is 0 Å². The van der Waals surface area contributed by atoms with E-state index in [0.717, 1.165) is 38.6 Å². The molecule has 1 heterocycles. The fourth-order valence-electron chi connectivity index (χ4n) is 2.45. The predicted octanol–water partition coefficient (Wildman–Crippen LogP) is 1.16. The first-order valence-corrected chi connectivity index (χ1v) is 7.56. The summed E-state index contributed by atoms with van der Waals surface area (Å²) in [4.78, 5) is 2.43. The molecule has 0 spiro atoms. The highest BCUT2D eigenvalue weighted by atomic mass is 32.1. The van der Waals surface area contributed by atoms with Crippen LogP contribution in [0, 0.1) is 0 Å². The molecule has 0 aromatic heterocycles. The van der Waals surface area contributed by atoms with Crippen LogP contribution >= 0.6 is 12.2 Å². The molecule has 116 valence electrons. The predicted molar refractivity (Wildman–Crippen MR) is 87.8 cm³/mol. The molecule has 2 rings (SSSR count).